The molecular formula is C16H22Cl2N2O. The zero-order valence-electron chi connectivity index (χ0n) is 12.5. The van der Waals surface area contributed by atoms with E-state index in [4.69, 9.17) is 28.9 Å². The third kappa shape index (κ3) is 4.60. The van der Waals surface area contributed by atoms with Gasteiger partial charge in [0.1, 0.15) is 0 Å². The maximum Gasteiger partial charge on any atom is 0.224 e. The Labute approximate surface area is 136 Å². The van der Waals surface area contributed by atoms with E-state index in [1.54, 1.807) is 6.07 Å². The number of carbonyl (C=O) groups excluding carboxylic acids is 1. The number of rotatable bonds is 6. The summed E-state index contributed by atoms with van der Waals surface area (Å²) in [5, 5.41) is 1.06. The molecule has 0 aliphatic heterocycles. The van der Waals surface area contributed by atoms with Crippen molar-refractivity contribution in [3.63, 3.8) is 0 Å². The minimum Gasteiger partial charge on any atom is -0.335 e. The fourth-order valence-electron chi connectivity index (χ4n) is 2.20. The molecule has 1 aliphatic rings. The molecule has 0 spiro atoms. The van der Waals surface area contributed by atoms with Gasteiger partial charge in [-0.05, 0) is 36.5 Å². The van der Waals surface area contributed by atoms with Crippen LogP contribution in [0.3, 0.4) is 0 Å². The lowest BCUT2D eigenvalue weighted by Gasteiger charge is -2.25. The molecule has 116 valence electrons. The number of benzene rings is 1. The van der Waals surface area contributed by atoms with E-state index in [9.17, 15) is 4.79 Å². The number of carbonyl (C=O) groups is 1. The molecule has 2 rings (SSSR count). The molecule has 0 radical (unpaired) electrons. The van der Waals surface area contributed by atoms with Crippen molar-refractivity contribution in [3.05, 3.63) is 33.8 Å². The van der Waals surface area contributed by atoms with Crippen LogP contribution in [-0.4, -0.2) is 22.9 Å². The number of amides is 1. The summed E-state index contributed by atoms with van der Waals surface area (Å²) in [6.07, 6.45) is 2.55. The van der Waals surface area contributed by atoms with Gasteiger partial charge in [-0.3, -0.25) is 4.79 Å². The second kappa shape index (κ2) is 6.99. The van der Waals surface area contributed by atoms with Crippen LogP contribution in [0.15, 0.2) is 18.2 Å². The second-order valence-corrected chi connectivity index (χ2v) is 6.93. The number of hydrogen-bond acceptors (Lipinski definition) is 2. The van der Waals surface area contributed by atoms with Gasteiger partial charge in [0.2, 0.25) is 5.91 Å². The first-order valence-electron chi connectivity index (χ1n) is 7.37. The van der Waals surface area contributed by atoms with Gasteiger partial charge in [0.05, 0.1) is 10.0 Å². The largest absolute Gasteiger partial charge is 0.335 e. The van der Waals surface area contributed by atoms with E-state index in [0.717, 1.165) is 18.4 Å². The van der Waals surface area contributed by atoms with E-state index < -0.39 is 0 Å². The lowest BCUT2D eigenvalue weighted by molar-refractivity contribution is -0.133. The molecule has 1 amide bonds. The highest BCUT2D eigenvalue weighted by Gasteiger charge is 2.33. The van der Waals surface area contributed by atoms with Gasteiger partial charge in [-0.2, -0.15) is 0 Å². The summed E-state index contributed by atoms with van der Waals surface area (Å²) in [5.74, 6) is 0.435. The van der Waals surface area contributed by atoms with Crippen molar-refractivity contribution in [2.75, 3.05) is 0 Å². The third-order valence-corrected chi connectivity index (χ3v) is 4.65. The molecule has 0 bridgehead atoms. The highest BCUT2D eigenvalue weighted by Crippen LogP contribution is 2.30. The van der Waals surface area contributed by atoms with Crippen molar-refractivity contribution < 1.29 is 4.79 Å². The van der Waals surface area contributed by atoms with E-state index in [1.165, 1.54) is 0 Å². The third-order valence-electron chi connectivity index (χ3n) is 3.91. The van der Waals surface area contributed by atoms with E-state index >= 15 is 0 Å². The summed E-state index contributed by atoms with van der Waals surface area (Å²) in [5.41, 5.74) is 7.03. The van der Waals surface area contributed by atoms with Gasteiger partial charge in [-0.15, -0.1) is 0 Å². The number of nitrogens with zero attached hydrogens (tertiary/aromatic N) is 1. The second-order valence-electron chi connectivity index (χ2n) is 6.11. The molecule has 1 saturated carbocycles. The smallest absolute Gasteiger partial charge is 0.224 e. The van der Waals surface area contributed by atoms with Gasteiger partial charge in [0.25, 0.3) is 0 Å². The topological polar surface area (TPSA) is 46.3 Å². The molecule has 2 N–H and O–H groups in total. The molecule has 0 heterocycles. The zero-order valence-corrected chi connectivity index (χ0v) is 14.0. The Morgan fingerprint density at radius 3 is 2.52 bits per heavy atom. The standard InChI is InChI=1S/C16H22Cl2N2O/c1-10(2)15(19)8-16(21)20(12-4-5-12)9-11-3-6-13(17)14(18)7-11/h3,6-7,10,12,15H,4-5,8-9,19H2,1-2H3. The molecule has 3 nitrogen and oxygen atoms in total. The van der Waals surface area contributed by atoms with Crippen LogP contribution in [0.5, 0.6) is 0 Å². The van der Waals surface area contributed by atoms with Crippen LogP contribution in [0.2, 0.25) is 10.0 Å². The predicted molar refractivity (Wildman–Crippen MR) is 87.5 cm³/mol. The van der Waals surface area contributed by atoms with Crippen molar-refractivity contribution in [2.24, 2.45) is 11.7 Å². The SMILES string of the molecule is CC(C)C(N)CC(=O)N(Cc1ccc(Cl)c(Cl)c1)C1CC1. The summed E-state index contributed by atoms with van der Waals surface area (Å²) in [6, 6.07) is 5.78. The Balaban J connectivity index is 2.05. The fourth-order valence-corrected chi connectivity index (χ4v) is 2.52. The fraction of sp³-hybridized carbons (Fsp3) is 0.562. The van der Waals surface area contributed by atoms with Crippen LogP contribution in [0, 0.1) is 5.92 Å². The Morgan fingerprint density at radius 1 is 1.33 bits per heavy atom. The quantitative estimate of drug-likeness (QED) is 0.861. The van der Waals surface area contributed by atoms with Crippen molar-refractivity contribution in [2.45, 2.75) is 51.7 Å². The minimum atomic E-state index is -0.0902. The van der Waals surface area contributed by atoms with Crippen LogP contribution in [0.25, 0.3) is 0 Å². The van der Waals surface area contributed by atoms with Crippen LogP contribution >= 0.6 is 23.2 Å². The van der Waals surface area contributed by atoms with Gasteiger partial charge in [0, 0.05) is 25.0 Å². The lowest BCUT2D eigenvalue weighted by atomic mass is 10.0. The average Bonchev–Trinajstić information content (AvgIpc) is 3.24. The van der Waals surface area contributed by atoms with Crippen molar-refractivity contribution in [1.82, 2.24) is 4.90 Å². The van der Waals surface area contributed by atoms with Crippen LogP contribution in [-0.2, 0) is 11.3 Å². The lowest BCUT2D eigenvalue weighted by Crippen LogP contribution is -2.38. The van der Waals surface area contributed by atoms with Crippen molar-refractivity contribution in [3.8, 4) is 0 Å². The van der Waals surface area contributed by atoms with Crippen molar-refractivity contribution in [1.29, 1.82) is 0 Å². The highest BCUT2D eigenvalue weighted by molar-refractivity contribution is 6.42. The number of hydrogen-bond donors (Lipinski definition) is 1. The molecule has 1 atom stereocenters. The first kappa shape index (κ1) is 16.6. The normalized spacial score (nSPS) is 16.1. The zero-order chi connectivity index (χ0) is 15.6. The van der Waals surface area contributed by atoms with Gasteiger partial charge in [-0.25, -0.2) is 0 Å². The van der Waals surface area contributed by atoms with Crippen LogP contribution in [0.4, 0.5) is 0 Å². The summed E-state index contributed by atoms with van der Waals surface area (Å²) < 4.78 is 0. The first-order valence-corrected chi connectivity index (χ1v) is 8.13. The Kier molecular flexibility index (Phi) is 5.53. The molecule has 21 heavy (non-hydrogen) atoms. The highest BCUT2D eigenvalue weighted by atomic mass is 35.5. The molecule has 1 aromatic rings. The van der Waals surface area contributed by atoms with Crippen molar-refractivity contribution >= 4 is 29.1 Å². The molecular weight excluding hydrogens is 307 g/mol. The minimum absolute atomic E-state index is 0.0902. The number of halogens is 2. The molecule has 1 aromatic carbocycles. The van der Waals surface area contributed by atoms with Gasteiger partial charge in [-0.1, -0.05) is 43.1 Å². The molecule has 5 heteroatoms. The maximum absolute atomic E-state index is 12.5. The van der Waals surface area contributed by atoms with Gasteiger partial charge < -0.3 is 10.6 Å². The maximum atomic E-state index is 12.5. The average molecular weight is 329 g/mol. The van der Waals surface area contributed by atoms with E-state index in [2.05, 4.69) is 0 Å². The molecule has 0 saturated heterocycles. The number of nitrogens with two attached hydrogens (primary N) is 1. The van der Waals surface area contributed by atoms with E-state index in [-0.39, 0.29) is 11.9 Å². The van der Waals surface area contributed by atoms with E-state index in [0.29, 0.717) is 35.0 Å². The summed E-state index contributed by atoms with van der Waals surface area (Å²) >= 11 is 12.0. The van der Waals surface area contributed by atoms with Gasteiger partial charge in [0.15, 0.2) is 0 Å². The van der Waals surface area contributed by atoms with E-state index in [1.807, 2.05) is 30.9 Å². The first-order chi connectivity index (χ1) is 9.88. The van der Waals surface area contributed by atoms with Crippen LogP contribution in [0.1, 0.15) is 38.7 Å². The van der Waals surface area contributed by atoms with Crippen LogP contribution < -0.4 is 5.73 Å². The summed E-state index contributed by atoms with van der Waals surface area (Å²) in [6.45, 7) is 4.65. The molecule has 1 unspecified atom stereocenters. The Hall–Kier alpha value is -0.770. The summed E-state index contributed by atoms with van der Waals surface area (Å²) in [7, 11) is 0. The summed E-state index contributed by atoms with van der Waals surface area (Å²) in [4.78, 5) is 14.4. The Bertz CT molecular complexity index is 515. The molecule has 0 aromatic heterocycles. The van der Waals surface area contributed by atoms with Gasteiger partial charge >= 0.3 is 0 Å². The monoisotopic (exact) mass is 328 g/mol. The molecule has 1 fully saturated rings. The predicted octanol–water partition coefficient (Wildman–Crippen LogP) is 3.86. The Morgan fingerprint density at radius 2 is 2.00 bits per heavy atom. The molecule has 1 aliphatic carbocycles.